The van der Waals surface area contributed by atoms with Crippen LogP contribution in [0.4, 0.5) is 10.8 Å². The van der Waals surface area contributed by atoms with E-state index in [-0.39, 0.29) is 17.0 Å². The van der Waals surface area contributed by atoms with Gasteiger partial charge in [0.1, 0.15) is 11.0 Å². The minimum absolute atomic E-state index is 0.0652. The Balaban J connectivity index is 1.17. The molecule has 47 heavy (non-hydrogen) atoms. The lowest BCUT2D eigenvalue weighted by Gasteiger charge is -2.16. The maximum atomic E-state index is 13.7. The number of thiazole rings is 1. The molecule has 5 aromatic carbocycles. The van der Waals surface area contributed by atoms with E-state index in [0.29, 0.717) is 28.2 Å². The lowest BCUT2D eigenvalue weighted by Crippen LogP contribution is -2.19. The normalized spacial score (nSPS) is 11.5. The number of nitrogens with one attached hydrogen (secondary N) is 2. The summed E-state index contributed by atoms with van der Waals surface area (Å²) in [6.45, 7) is 2.53. The maximum Gasteiger partial charge on any atom is 0.336 e. The van der Waals surface area contributed by atoms with E-state index in [9.17, 15) is 19.5 Å². The molecule has 0 fully saturated rings. The van der Waals surface area contributed by atoms with Crippen LogP contribution in [0.3, 0.4) is 0 Å². The fourth-order valence-corrected chi connectivity index (χ4v) is 6.83. The lowest BCUT2D eigenvalue weighted by atomic mass is 9.98. The number of aromatic carboxylic acids is 1. The van der Waals surface area contributed by atoms with Crippen LogP contribution < -0.4 is 15.4 Å². The van der Waals surface area contributed by atoms with Crippen molar-refractivity contribution in [2.45, 2.75) is 17.1 Å². The molecule has 1 aromatic heterocycles. The van der Waals surface area contributed by atoms with Crippen LogP contribution in [0.15, 0.2) is 126 Å². The highest BCUT2D eigenvalue weighted by molar-refractivity contribution is 8.00. The van der Waals surface area contributed by atoms with Gasteiger partial charge < -0.3 is 20.5 Å². The van der Waals surface area contributed by atoms with Crippen LogP contribution >= 0.6 is 23.1 Å². The van der Waals surface area contributed by atoms with Gasteiger partial charge in [0.15, 0.2) is 5.13 Å². The van der Waals surface area contributed by atoms with Crippen molar-refractivity contribution in [3.63, 3.8) is 0 Å². The topological polar surface area (TPSA) is 118 Å². The summed E-state index contributed by atoms with van der Waals surface area (Å²) in [6.07, 6.45) is 0. The monoisotopic (exact) mass is 659 g/mol. The van der Waals surface area contributed by atoms with E-state index >= 15 is 0 Å². The number of benzene rings is 5. The van der Waals surface area contributed by atoms with Gasteiger partial charge in [-0.1, -0.05) is 54.6 Å². The van der Waals surface area contributed by atoms with Gasteiger partial charge in [-0.25, -0.2) is 9.78 Å². The number of amides is 2. The molecule has 0 saturated heterocycles. The Morgan fingerprint density at radius 3 is 2.21 bits per heavy atom. The van der Waals surface area contributed by atoms with Gasteiger partial charge in [-0.2, -0.15) is 0 Å². The molecule has 234 valence electrons. The average Bonchev–Trinajstić information content (AvgIpc) is 3.56. The number of rotatable bonds is 11. The number of carboxylic acids is 1. The van der Waals surface area contributed by atoms with Gasteiger partial charge in [-0.15, -0.1) is 23.1 Å². The van der Waals surface area contributed by atoms with Crippen LogP contribution in [-0.4, -0.2) is 34.5 Å². The van der Waals surface area contributed by atoms with Crippen molar-refractivity contribution in [1.29, 1.82) is 0 Å². The standard InChI is InChI=1S/C37H29N3O5S2/c1-2-45-27-18-14-23(15-19-27)31-22-46-37(39-31)40-35(42)33(25-8-4-3-5-9-25)47-28-20-16-26(17-21-28)38-34(41)29-12-6-10-24-11-7-13-30(32(24)29)36(43)44/h3-22,33H,2H2,1H3,(H,38,41)(H,43,44)(H,39,40,42). The summed E-state index contributed by atoms with van der Waals surface area (Å²) < 4.78 is 5.53. The van der Waals surface area contributed by atoms with Gasteiger partial charge in [-0.05, 0) is 78.5 Å². The molecular formula is C37H29N3O5S2. The first kappa shape index (κ1) is 31.5. The number of fused-ring (bicyclic) bond motifs is 1. The van der Waals surface area contributed by atoms with Crippen LogP contribution in [0.2, 0.25) is 0 Å². The third-order valence-corrected chi connectivity index (χ3v) is 9.31. The summed E-state index contributed by atoms with van der Waals surface area (Å²) in [4.78, 5) is 44.2. The Bertz CT molecular complexity index is 2040. The Morgan fingerprint density at radius 2 is 1.53 bits per heavy atom. The Labute approximate surface area is 279 Å². The molecule has 1 atom stereocenters. The molecule has 10 heteroatoms. The van der Waals surface area contributed by atoms with Gasteiger partial charge in [0, 0.05) is 32.5 Å². The van der Waals surface area contributed by atoms with Crippen LogP contribution in [0.5, 0.6) is 5.75 Å². The fraction of sp³-hybridized carbons (Fsp3) is 0.0811. The van der Waals surface area contributed by atoms with Crippen molar-refractivity contribution in [2.24, 2.45) is 0 Å². The number of hydrogen-bond acceptors (Lipinski definition) is 7. The molecule has 1 heterocycles. The molecule has 6 rings (SSSR count). The highest BCUT2D eigenvalue weighted by atomic mass is 32.2. The molecule has 0 spiro atoms. The minimum atomic E-state index is -1.10. The number of aromatic nitrogens is 1. The molecule has 1 unspecified atom stereocenters. The smallest absolute Gasteiger partial charge is 0.336 e. The number of carboxylic acid groups (broad SMARTS) is 1. The zero-order valence-corrected chi connectivity index (χ0v) is 26.8. The van der Waals surface area contributed by atoms with E-state index in [1.165, 1.54) is 29.2 Å². The van der Waals surface area contributed by atoms with E-state index in [1.807, 2.05) is 79.0 Å². The molecule has 0 aliphatic heterocycles. The molecule has 6 aromatic rings. The molecule has 8 nitrogen and oxygen atoms in total. The van der Waals surface area contributed by atoms with Crippen LogP contribution in [0.1, 0.15) is 38.5 Å². The average molecular weight is 660 g/mol. The number of anilines is 2. The zero-order valence-electron chi connectivity index (χ0n) is 25.2. The number of carbonyl (C=O) groups is 3. The lowest BCUT2D eigenvalue weighted by molar-refractivity contribution is -0.115. The van der Waals surface area contributed by atoms with Gasteiger partial charge in [-0.3, -0.25) is 9.59 Å². The number of hydrogen-bond donors (Lipinski definition) is 3. The van der Waals surface area contributed by atoms with Crippen molar-refractivity contribution in [1.82, 2.24) is 4.98 Å². The summed E-state index contributed by atoms with van der Waals surface area (Å²) in [6, 6.07) is 34.4. The molecule has 0 bridgehead atoms. The van der Waals surface area contributed by atoms with E-state index in [0.717, 1.165) is 27.5 Å². The third-order valence-electron chi connectivity index (χ3n) is 7.28. The van der Waals surface area contributed by atoms with Crippen LogP contribution in [-0.2, 0) is 4.79 Å². The van der Waals surface area contributed by atoms with Crippen LogP contribution in [0, 0.1) is 0 Å². The number of thioether (sulfide) groups is 1. The molecule has 2 amide bonds. The van der Waals surface area contributed by atoms with Crippen molar-refractivity contribution in [3.8, 4) is 17.0 Å². The first-order chi connectivity index (χ1) is 22.9. The number of carbonyl (C=O) groups excluding carboxylic acids is 2. The summed E-state index contributed by atoms with van der Waals surface area (Å²) in [5.74, 6) is -0.940. The fourth-order valence-electron chi connectivity index (χ4n) is 5.08. The van der Waals surface area contributed by atoms with E-state index < -0.39 is 17.1 Å². The zero-order chi connectivity index (χ0) is 32.8. The molecule has 3 N–H and O–H groups in total. The SMILES string of the molecule is CCOc1ccc(-c2csc(NC(=O)C(Sc3ccc(NC(=O)c4cccc5cccc(C(=O)O)c45)cc3)c3ccccc3)n2)cc1. The van der Waals surface area contributed by atoms with E-state index in [2.05, 4.69) is 15.6 Å². The van der Waals surface area contributed by atoms with E-state index in [1.54, 1.807) is 42.5 Å². The van der Waals surface area contributed by atoms with Crippen molar-refractivity contribution in [2.75, 3.05) is 17.2 Å². The summed E-state index contributed by atoms with van der Waals surface area (Å²) in [7, 11) is 0. The highest BCUT2D eigenvalue weighted by Gasteiger charge is 2.24. The second-order valence-corrected chi connectivity index (χ2v) is 12.4. The molecular weight excluding hydrogens is 631 g/mol. The van der Waals surface area contributed by atoms with Crippen molar-refractivity contribution in [3.05, 3.63) is 137 Å². The molecule has 0 saturated carbocycles. The second kappa shape index (κ2) is 14.3. The quantitative estimate of drug-likeness (QED) is 0.119. The van der Waals surface area contributed by atoms with Gasteiger partial charge in [0.05, 0.1) is 17.9 Å². The third kappa shape index (κ3) is 7.35. The Morgan fingerprint density at radius 1 is 0.830 bits per heavy atom. The predicted molar refractivity (Wildman–Crippen MR) is 188 cm³/mol. The first-order valence-electron chi connectivity index (χ1n) is 14.8. The highest BCUT2D eigenvalue weighted by Crippen LogP contribution is 2.37. The van der Waals surface area contributed by atoms with Gasteiger partial charge in [0.25, 0.3) is 5.91 Å². The van der Waals surface area contributed by atoms with Crippen molar-refractivity contribution >= 4 is 62.5 Å². The Hall–Kier alpha value is -5.45. The number of nitrogens with zero attached hydrogens (tertiary/aromatic N) is 1. The number of ether oxygens (including phenoxy) is 1. The summed E-state index contributed by atoms with van der Waals surface area (Å²) in [5.41, 5.74) is 3.39. The van der Waals surface area contributed by atoms with Crippen molar-refractivity contribution < 1.29 is 24.2 Å². The molecule has 0 radical (unpaired) electrons. The molecule has 0 aliphatic rings. The predicted octanol–water partition coefficient (Wildman–Crippen LogP) is 8.78. The minimum Gasteiger partial charge on any atom is -0.494 e. The van der Waals surface area contributed by atoms with Gasteiger partial charge >= 0.3 is 5.97 Å². The first-order valence-corrected chi connectivity index (χ1v) is 16.5. The van der Waals surface area contributed by atoms with E-state index in [4.69, 9.17) is 4.74 Å². The Kier molecular flexibility index (Phi) is 9.61. The molecule has 0 aliphatic carbocycles. The maximum absolute atomic E-state index is 13.7. The summed E-state index contributed by atoms with van der Waals surface area (Å²) >= 11 is 2.74. The second-order valence-electron chi connectivity index (χ2n) is 10.4. The summed E-state index contributed by atoms with van der Waals surface area (Å²) in [5, 5.41) is 18.4. The van der Waals surface area contributed by atoms with Crippen LogP contribution in [0.25, 0.3) is 22.0 Å². The largest absolute Gasteiger partial charge is 0.494 e. The van der Waals surface area contributed by atoms with Gasteiger partial charge in [0.2, 0.25) is 5.91 Å².